The van der Waals surface area contributed by atoms with E-state index in [0.29, 0.717) is 55.9 Å². The number of aliphatic hydroxyl groups excluding tert-OH is 1. The lowest BCUT2D eigenvalue weighted by Gasteiger charge is -2.35. The second-order valence-electron chi connectivity index (χ2n) is 9.04. The first-order chi connectivity index (χ1) is 18.7. The van der Waals surface area contributed by atoms with Crippen molar-refractivity contribution < 1.29 is 28.8 Å². The van der Waals surface area contributed by atoms with Crippen LogP contribution in [0.2, 0.25) is 0 Å². The Morgan fingerprint density at radius 3 is 2.15 bits per heavy atom. The van der Waals surface area contributed by atoms with Crippen LogP contribution in [0.15, 0.2) is 21.7 Å². The van der Waals surface area contributed by atoms with Crippen molar-refractivity contribution in [2.75, 3.05) is 72.2 Å². The average Bonchev–Trinajstić information content (AvgIpc) is 3.34. The number of benzene rings is 1. The van der Waals surface area contributed by atoms with Gasteiger partial charge in [0.2, 0.25) is 11.7 Å². The minimum absolute atomic E-state index is 0.0651. The molecule has 0 atom stereocenters. The fourth-order valence-electron chi connectivity index (χ4n) is 4.71. The standard InChI is InChI=1S/C25H34N6O8/c1-27-21-19(22(33)28(2)25(27)35)31(24(26-21)30-8-6-29(7-9-30)10-12-32)11-13-39-23(34)16-14-17(36-3)20(38-5)18(15-16)37-4/h14-15,32H,6-13H2,1-5H3. The van der Waals surface area contributed by atoms with Crippen LogP contribution in [0.5, 0.6) is 17.2 Å². The second-order valence-corrected chi connectivity index (χ2v) is 9.04. The van der Waals surface area contributed by atoms with E-state index in [0.717, 1.165) is 4.57 Å². The maximum Gasteiger partial charge on any atom is 0.338 e. The number of hydrogen-bond acceptors (Lipinski definition) is 11. The highest BCUT2D eigenvalue weighted by atomic mass is 16.5. The molecule has 14 heteroatoms. The van der Waals surface area contributed by atoms with E-state index < -0.39 is 17.2 Å². The van der Waals surface area contributed by atoms with Gasteiger partial charge in [0.05, 0.1) is 40.0 Å². The molecule has 0 bridgehead atoms. The van der Waals surface area contributed by atoms with Crippen LogP contribution in [0.3, 0.4) is 0 Å². The number of esters is 1. The number of fused-ring (bicyclic) bond motifs is 1. The number of anilines is 1. The molecule has 1 saturated heterocycles. The van der Waals surface area contributed by atoms with E-state index in [1.807, 2.05) is 4.90 Å². The van der Waals surface area contributed by atoms with E-state index in [2.05, 4.69) is 9.88 Å². The molecule has 3 heterocycles. The molecule has 0 spiro atoms. The summed E-state index contributed by atoms with van der Waals surface area (Å²) in [6.07, 6.45) is 0. The van der Waals surface area contributed by atoms with E-state index in [1.54, 1.807) is 11.6 Å². The number of hydrogen-bond donors (Lipinski definition) is 1. The maximum atomic E-state index is 13.2. The molecule has 2 aromatic heterocycles. The Morgan fingerprint density at radius 1 is 0.949 bits per heavy atom. The number of ether oxygens (including phenoxy) is 4. The molecular weight excluding hydrogens is 512 g/mol. The lowest BCUT2D eigenvalue weighted by molar-refractivity contribution is 0.0491. The zero-order valence-corrected chi connectivity index (χ0v) is 22.8. The highest BCUT2D eigenvalue weighted by Crippen LogP contribution is 2.38. The molecule has 1 aromatic carbocycles. The first-order valence-corrected chi connectivity index (χ1v) is 12.5. The van der Waals surface area contributed by atoms with Gasteiger partial charge in [0, 0.05) is 46.8 Å². The van der Waals surface area contributed by atoms with Crippen molar-refractivity contribution in [1.29, 1.82) is 0 Å². The van der Waals surface area contributed by atoms with E-state index >= 15 is 0 Å². The molecule has 0 unspecified atom stereocenters. The number of methoxy groups -OCH3 is 3. The Balaban J connectivity index is 1.63. The Hall–Kier alpha value is -4.04. The highest BCUT2D eigenvalue weighted by molar-refractivity contribution is 5.91. The zero-order chi connectivity index (χ0) is 28.3. The van der Waals surface area contributed by atoms with Crippen LogP contribution in [0, 0.1) is 0 Å². The molecule has 39 heavy (non-hydrogen) atoms. The number of aryl methyl sites for hydroxylation is 1. The lowest BCUT2D eigenvalue weighted by Crippen LogP contribution is -2.48. The molecule has 0 radical (unpaired) electrons. The van der Waals surface area contributed by atoms with Crippen LogP contribution in [0.25, 0.3) is 11.2 Å². The smallest absolute Gasteiger partial charge is 0.338 e. The van der Waals surface area contributed by atoms with Gasteiger partial charge in [-0.1, -0.05) is 0 Å². The van der Waals surface area contributed by atoms with Crippen molar-refractivity contribution in [3.8, 4) is 17.2 Å². The van der Waals surface area contributed by atoms with Gasteiger partial charge in [-0.15, -0.1) is 0 Å². The van der Waals surface area contributed by atoms with Crippen molar-refractivity contribution in [2.24, 2.45) is 14.1 Å². The molecule has 1 aliphatic heterocycles. The lowest BCUT2D eigenvalue weighted by atomic mass is 10.2. The molecule has 14 nitrogen and oxygen atoms in total. The van der Waals surface area contributed by atoms with Gasteiger partial charge in [-0.2, -0.15) is 4.98 Å². The van der Waals surface area contributed by atoms with Gasteiger partial charge in [0.1, 0.15) is 6.61 Å². The average molecular weight is 547 g/mol. The van der Waals surface area contributed by atoms with Crippen molar-refractivity contribution in [3.63, 3.8) is 0 Å². The summed E-state index contributed by atoms with van der Waals surface area (Å²) in [5.74, 6) is 0.883. The van der Waals surface area contributed by atoms with Gasteiger partial charge in [-0.25, -0.2) is 9.59 Å². The second kappa shape index (κ2) is 11.8. The fraction of sp³-hybridized carbons (Fsp3) is 0.520. The number of carbonyl (C=O) groups is 1. The summed E-state index contributed by atoms with van der Waals surface area (Å²) in [7, 11) is 7.36. The predicted molar refractivity (Wildman–Crippen MR) is 142 cm³/mol. The van der Waals surface area contributed by atoms with Crippen LogP contribution in [0.4, 0.5) is 5.95 Å². The van der Waals surface area contributed by atoms with Crippen LogP contribution in [-0.2, 0) is 25.4 Å². The molecule has 4 rings (SSSR count). The summed E-state index contributed by atoms with van der Waals surface area (Å²) in [5, 5.41) is 9.26. The minimum Gasteiger partial charge on any atom is -0.493 e. The van der Waals surface area contributed by atoms with Gasteiger partial charge in [-0.3, -0.25) is 18.8 Å². The van der Waals surface area contributed by atoms with Gasteiger partial charge in [-0.05, 0) is 12.1 Å². The summed E-state index contributed by atoms with van der Waals surface area (Å²) in [6.45, 7) is 3.36. The first kappa shape index (κ1) is 28.0. The third kappa shape index (κ3) is 5.29. The number of aromatic nitrogens is 4. The quantitative estimate of drug-likeness (QED) is 0.327. The molecule has 0 amide bonds. The number of nitrogens with zero attached hydrogens (tertiary/aromatic N) is 6. The zero-order valence-electron chi connectivity index (χ0n) is 22.8. The van der Waals surface area contributed by atoms with E-state index in [-0.39, 0.29) is 36.5 Å². The van der Waals surface area contributed by atoms with Crippen LogP contribution in [-0.4, -0.2) is 102 Å². The van der Waals surface area contributed by atoms with Crippen molar-refractivity contribution in [2.45, 2.75) is 6.54 Å². The number of rotatable bonds is 10. The minimum atomic E-state index is -0.613. The van der Waals surface area contributed by atoms with Gasteiger partial charge >= 0.3 is 11.7 Å². The van der Waals surface area contributed by atoms with Gasteiger partial charge in [0.25, 0.3) is 5.56 Å². The van der Waals surface area contributed by atoms with E-state index in [9.17, 15) is 19.5 Å². The predicted octanol–water partition coefficient (Wildman–Crippen LogP) is -0.569. The molecular formula is C25H34N6O8. The van der Waals surface area contributed by atoms with Crippen molar-refractivity contribution in [3.05, 3.63) is 38.5 Å². The Labute approximate surface area is 224 Å². The summed E-state index contributed by atoms with van der Waals surface area (Å²) < 4.78 is 25.6. The summed E-state index contributed by atoms with van der Waals surface area (Å²) in [5.41, 5.74) is -0.256. The molecule has 0 aliphatic carbocycles. The van der Waals surface area contributed by atoms with Gasteiger partial charge < -0.3 is 33.5 Å². The fourth-order valence-corrected chi connectivity index (χ4v) is 4.71. The highest BCUT2D eigenvalue weighted by Gasteiger charge is 2.26. The number of β-amino-alcohol motifs (C(OH)–C–C–N with tert-alkyl or cyclic N) is 1. The van der Waals surface area contributed by atoms with Crippen LogP contribution >= 0.6 is 0 Å². The molecule has 3 aromatic rings. The van der Waals surface area contributed by atoms with Gasteiger partial charge in [0.15, 0.2) is 22.7 Å². The molecule has 1 aliphatic rings. The Morgan fingerprint density at radius 2 is 1.59 bits per heavy atom. The third-order valence-electron chi connectivity index (χ3n) is 6.85. The monoisotopic (exact) mass is 546 g/mol. The van der Waals surface area contributed by atoms with Crippen molar-refractivity contribution >= 4 is 23.1 Å². The van der Waals surface area contributed by atoms with E-state index in [1.165, 1.54) is 45.1 Å². The third-order valence-corrected chi connectivity index (χ3v) is 6.85. The van der Waals surface area contributed by atoms with Crippen LogP contribution in [0.1, 0.15) is 10.4 Å². The van der Waals surface area contributed by atoms with Crippen molar-refractivity contribution in [1.82, 2.24) is 23.6 Å². The number of piperazine rings is 1. The SMILES string of the molecule is COc1cc(C(=O)OCCn2c(N3CCN(CCO)CC3)nc3c2c(=O)n(C)c(=O)n3C)cc(OC)c1OC. The molecule has 0 saturated carbocycles. The summed E-state index contributed by atoms with van der Waals surface area (Å²) in [6, 6.07) is 3.00. The summed E-state index contributed by atoms with van der Waals surface area (Å²) >= 11 is 0. The largest absolute Gasteiger partial charge is 0.493 e. The number of aliphatic hydroxyl groups is 1. The Bertz CT molecular complexity index is 1440. The molecule has 1 N–H and O–H groups in total. The van der Waals surface area contributed by atoms with E-state index in [4.69, 9.17) is 18.9 Å². The normalized spacial score (nSPS) is 14.1. The van der Waals surface area contributed by atoms with Crippen LogP contribution < -0.4 is 30.4 Å². The molecule has 212 valence electrons. The number of carbonyl (C=O) groups excluding carboxylic acids is 1. The topological polar surface area (TPSA) is 143 Å². The number of imidazole rings is 1. The molecule has 1 fully saturated rings. The first-order valence-electron chi connectivity index (χ1n) is 12.5. The maximum absolute atomic E-state index is 13.2. The summed E-state index contributed by atoms with van der Waals surface area (Å²) in [4.78, 5) is 47.5. The Kier molecular flexibility index (Phi) is 8.45.